The topological polar surface area (TPSA) is 44.9 Å². The molecule has 3 nitrogen and oxygen atoms in total. The molecule has 0 bridgehead atoms. The van der Waals surface area contributed by atoms with Crippen molar-refractivity contribution in [2.45, 2.75) is 13.3 Å². The van der Waals surface area contributed by atoms with E-state index in [0.717, 1.165) is 22.2 Å². The summed E-state index contributed by atoms with van der Waals surface area (Å²) in [6.45, 7) is 2.06. The molecule has 3 aromatic rings. The minimum absolute atomic E-state index is 0.00129. The van der Waals surface area contributed by atoms with E-state index in [2.05, 4.69) is 29.4 Å². The van der Waals surface area contributed by atoms with E-state index in [1.54, 1.807) is 0 Å². The molecule has 100 valence electrons. The third-order valence-corrected chi connectivity index (χ3v) is 3.33. The highest BCUT2D eigenvalue weighted by molar-refractivity contribution is 5.95. The first-order chi connectivity index (χ1) is 9.72. The van der Waals surface area contributed by atoms with Crippen LogP contribution in [0.15, 0.2) is 54.7 Å². The summed E-state index contributed by atoms with van der Waals surface area (Å²) in [5.41, 5.74) is 4.12. The minimum Gasteiger partial charge on any atom is -0.361 e. The molecule has 1 amide bonds. The fourth-order valence-corrected chi connectivity index (χ4v) is 2.34. The summed E-state index contributed by atoms with van der Waals surface area (Å²) in [6.07, 6.45) is 2.28. The molecule has 0 spiro atoms. The van der Waals surface area contributed by atoms with Gasteiger partial charge in [0.25, 0.3) is 0 Å². The number of aromatic nitrogens is 1. The first-order valence-corrected chi connectivity index (χ1v) is 6.64. The van der Waals surface area contributed by atoms with Gasteiger partial charge in [-0.15, -0.1) is 0 Å². The molecule has 2 aromatic carbocycles. The molecule has 3 heteroatoms. The summed E-state index contributed by atoms with van der Waals surface area (Å²) in [5.74, 6) is -0.00129. The average Bonchev–Trinajstić information content (AvgIpc) is 2.82. The molecule has 0 aliphatic carbocycles. The Bertz CT molecular complexity index is 744. The van der Waals surface area contributed by atoms with Gasteiger partial charge in [0.15, 0.2) is 0 Å². The molecule has 0 saturated heterocycles. The van der Waals surface area contributed by atoms with Gasteiger partial charge in [-0.25, -0.2) is 0 Å². The van der Waals surface area contributed by atoms with E-state index in [1.165, 1.54) is 5.56 Å². The van der Waals surface area contributed by atoms with Crippen molar-refractivity contribution in [2.75, 3.05) is 5.32 Å². The summed E-state index contributed by atoms with van der Waals surface area (Å²) in [5, 5.41) is 4.03. The predicted molar refractivity (Wildman–Crippen MR) is 81.8 cm³/mol. The number of H-pyrrole nitrogens is 1. The second-order valence-electron chi connectivity index (χ2n) is 4.95. The lowest BCUT2D eigenvalue weighted by Crippen LogP contribution is -2.14. The van der Waals surface area contributed by atoms with Crippen molar-refractivity contribution in [2.24, 2.45) is 0 Å². The standard InChI is InChI=1S/C17H16N2O/c1-12-7-8-16-15(9-12)13(11-18-16)10-17(20)19-14-5-3-2-4-6-14/h2-9,11,18H,10H2,1H3,(H,19,20). The van der Waals surface area contributed by atoms with E-state index in [9.17, 15) is 4.79 Å². The fourth-order valence-electron chi connectivity index (χ4n) is 2.34. The zero-order valence-electron chi connectivity index (χ0n) is 11.3. The summed E-state index contributed by atoms with van der Waals surface area (Å²) in [4.78, 5) is 15.3. The predicted octanol–water partition coefficient (Wildman–Crippen LogP) is 3.66. The summed E-state index contributed by atoms with van der Waals surface area (Å²) in [7, 11) is 0. The quantitative estimate of drug-likeness (QED) is 0.745. The SMILES string of the molecule is Cc1ccc2[nH]cc(CC(=O)Nc3ccccc3)c2c1. The molecule has 0 atom stereocenters. The number of hydrogen-bond donors (Lipinski definition) is 2. The van der Waals surface area contributed by atoms with Crippen LogP contribution >= 0.6 is 0 Å². The van der Waals surface area contributed by atoms with Crippen LogP contribution in [-0.2, 0) is 11.2 Å². The molecular weight excluding hydrogens is 248 g/mol. The third-order valence-electron chi connectivity index (χ3n) is 3.33. The number of nitrogens with one attached hydrogen (secondary N) is 2. The van der Waals surface area contributed by atoms with E-state index in [0.29, 0.717) is 6.42 Å². The van der Waals surface area contributed by atoms with Crippen LogP contribution in [0.25, 0.3) is 10.9 Å². The summed E-state index contributed by atoms with van der Waals surface area (Å²) in [6, 6.07) is 15.7. The number of amides is 1. The number of para-hydroxylation sites is 1. The Kier molecular flexibility index (Phi) is 3.25. The average molecular weight is 264 g/mol. The van der Waals surface area contributed by atoms with Crippen molar-refractivity contribution < 1.29 is 4.79 Å². The van der Waals surface area contributed by atoms with Crippen molar-refractivity contribution in [3.05, 3.63) is 65.9 Å². The van der Waals surface area contributed by atoms with Gasteiger partial charge in [-0.1, -0.05) is 29.8 Å². The van der Waals surface area contributed by atoms with Crippen LogP contribution in [0.2, 0.25) is 0 Å². The smallest absolute Gasteiger partial charge is 0.228 e. The van der Waals surface area contributed by atoms with E-state index in [1.807, 2.05) is 42.6 Å². The molecule has 3 rings (SSSR count). The van der Waals surface area contributed by atoms with Crippen LogP contribution in [0.5, 0.6) is 0 Å². The number of rotatable bonds is 3. The van der Waals surface area contributed by atoms with Gasteiger partial charge in [0.05, 0.1) is 6.42 Å². The number of aryl methyl sites for hydroxylation is 1. The normalized spacial score (nSPS) is 10.7. The van der Waals surface area contributed by atoms with Gasteiger partial charge in [-0.05, 0) is 36.8 Å². The van der Waals surface area contributed by atoms with Crippen LogP contribution in [0.3, 0.4) is 0 Å². The summed E-state index contributed by atoms with van der Waals surface area (Å²) < 4.78 is 0. The monoisotopic (exact) mass is 264 g/mol. The Labute approximate surface area is 117 Å². The Hall–Kier alpha value is -2.55. The van der Waals surface area contributed by atoms with Crippen molar-refractivity contribution in [3.63, 3.8) is 0 Å². The van der Waals surface area contributed by atoms with Crippen molar-refractivity contribution in [1.82, 2.24) is 4.98 Å². The highest BCUT2D eigenvalue weighted by Gasteiger charge is 2.09. The van der Waals surface area contributed by atoms with Gasteiger partial charge in [-0.3, -0.25) is 4.79 Å². The fraction of sp³-hybridized carbons (Fsp3) is 0.118. The number of aromatic amines is 1. The van der Waals surface area contributed by atoms with Gasteiger partial charge in [0, 0.05) is 22.8 Å². The lowest BCUT2D eigenvalue weighted by molar-refractivity contribution is -0.115. The maximum absolute atomic E-state index is 12.1. The minimum atomic E-state index is -0.00129. The zero-order valence-corrected chi connectivity index (χ0v) is 11.3. The van der Waals surface area contributed by atoms with Gasteiger partial charge < -0.3 is 10.3 Å². The van der Waals surface area contributed by atoms with Crippen LogP contribution in [0.4, 0.5) is 5.69 Å². The first kappa shape index (κ1) is 12.5. The Morgan fingerprint density at radius 2 is 1.95 bits per heavy atom. The summed E-state index contributed by atoms with van der Waals surface area (Å²) >= 11 is 0. The van der Waals surface area contributed by atoms with Gasteiger partial charge >= 0.3 is 0 Å². The van der Waals surface area contributed by atoms with Crippen molar-refractivity contribution >= 4 is 22.5 Å². The number of carbonyl (C=O) groups excluding carboxylic acids is 1. The van der Waals surface area contributed by atoms with E-state index in [4.69, 9.17) is 0 Å². The second-order valence-corrected chi connectivity index (χ2v) is 4.95. The Morgan fingerprint density at radius 1 is 1.15 bits per heavy atom. The highest BCUT2D eigenvalue weighted by atomic mass is 16.1. The lowest BCUT2D eigenvalue weighted by Gasteiger charge is -2.04. The van der Waals surface area contributed by atoms with Crippen molar-refractivity contribution in [3.8, 4) is 0 Å². The Balaban J connectivity index is 1.79. The van der Waals surface area contributed by atoms with Gasteiger partial charge in [0.2, 0.25) is 5.91 Å². The van der Waals surface area contributed by atoms with Gasteiger partial charge in [0.1, 0.15) is 0 Å². The molecule has 0 fully saturated rings. The largest absolute Gasteiger partial charge is 0.361 e. The molecular formula is C17H16N2O. The number of fused-ring (bicyclic) bond motifs is 1. The molecule has 0 unspecified atom stereocenters. The Morgan fingerprint density at radius 3 is 2.75 bits per heavy atom. The van der Waals surface area contributed by atoms with Crippen LogP contribution < -0.4 is 5.32 Å². The molecule has 0 aliphatic rings. The molecule has 1 aromatic heterocycles. The lowest BCUT2D eigenvalue weighted by atomic mass is 10.1. The van der Waals surface area contributed by atoms with Crippen LogP contribution in [0.1, 0.15) is 11.1 Å². The van der Waals surface area contributed by atoms with Crippen molar-refractivity contribution in [1.29, 1.82) is 0 Å². The van der Waals surface area contributed by atoms with E-state index in [-0.39, 0.29) is 5.91 Å². The molecule has 1 heterocycles. The molecule has 0 saturated carbocycles. The number of benzene rings is 2. The zero-order chi connectivity index (χ0) is 13.9. The first-order valence-electron chi connectivity index (χ1n) is 6.64. The number of anilines is 1. The maximum Gasteiger partial charge on any atom is 0.228 e. The number of carbonyl (C=O) groups is 1. The third kappa shape index (κ3) is 2.57. The second kappa shape index (κ2) is 5.21. The molecule has 0 aliphatic heterocycles. The maximum atomic E-state index is 12.1. The van der Waals surface area contributed by atoms with Gasteiger partial charge in [-0.2, -0.15) is 0 Å². The van der Waals surface area contributed by atoms with Crippen LogP contribution in [-0.4, -0.2) is 10.9 Å². The highest BCUT2D eigenvalue weighted by Crippen LogP contribution is 2.20. The van der Waals surface area contributed by atoms with E-state index >= 15 is 0 Å². The van der Waals surface area contributed by atoms with E-state index < -0.39 is 0 Å². The number of hydrogen-bond acceptors (Lipinski definition) is 1. The molecule has 0 radical (unpaired) electrons. The van der Waals surface area contributed by atoms with Crippen LogP contribution in [0, 0.1) is 6.92 Å². The molecule has 20 heavy (non-hydrogen) atoms. The molecule has 2 N–H and O–H groups in total.